The summed E-state index contributed by atoms with van der Waals surface area (Å²) in [5.41, 5.74) is 2.06. The second kappa shape index (κ2) is 7.88. The first-order chi connectivity index (χ1) is 11.1. The van der Waals surface area contributed by atoms with Crippen LogP contribution in [0.25, 0.3) is 0 Å². The van der Waals surface area contributed by atoms with Gasteiger partial charge in [0.15, 0.2) is 11.6 Å². The minimum atomic E-state index is -0.841. The van der Waals surface area contributed by atoms with Crippen LogP contribution in [0.4, 0.5) is 15.0 Å². The summed E-state index contributed by atoms with van der Waals surface area (Å²) in [6, 6.07) is 7.67. The lowest BCUT2D eigenvalue weighted by molar-refractivity contribution is 0.174. The van der Waals surface area contributed by atoms with Gasteiger partial charge in [-0.3, -0.25) is 5.32 Å². The molecule has 0 bridgehead atoms. The maximum absolute atomic E-state index is 13.6. The highest BCUT2D eigenvalue weighted by Gasteiger charge is 2.12. The van der Waals surface area contributed by atoms with Crippen LogP contribution in [0.1, 0.15) is 11.1 Å². The predicted octanol–water partition coefficient (Wildman–Crippen LogP) is 3.24. The van der Waals surface area contributed by atoms with Crippen LogP contribution < -0.4 is 10.1 Å². The van der Waals surface area contributed by atoms with Gasteiger partial charge >= 0.3 is 12.1 Å². The average Bonchev–Trinajstić information content (AvgIpc) is 2.55. The lowest BCUT2D eigenvalue weighted by atomic mass is 10.2. The van der Waals surface area contributed by atoms with E-state index in [1.807, 2.05) is 31.2 Å². The minimum Gasteiger partial charge on any atom is -0.459 e. The van der Waals surface area contributed by atoms with Crippen LogP contribution in [-0.2, 0) is 11.3 Å². The van der Waals surface area contributed by atoms with E-state index in [1.54, 1.807) is 0 Å². The quantitative estimate of drug-likeness (QED) is 0.828. The maximum Gasteiger partial charge on any atom is 0.413 e. The number of benzene rings is 1. The van der Waals surface area contributed by atoms with Crippen LogP contribution in [0.5, 0.6) is 6.01 Å². The Labute approximate surface area is 133 Å². The summed E-state index contributed by atoms with van der Waals surface area (Å²) >= 11 is 0. The lowest BCUT2D eigenvalue weighted by Crippen LogP contribution is -2.16. The molecule has 0 saturated heterocycles. The number of nitrogens with one attached hydrogen (secondary N) is 1. The standard InChI is InChI=1S/C16H16FN3O3/c1-3-8-22-16(21)20-14-13(17)9-18-15(19-14)23-10-12-6-4-11(2)5-7-12/h3-7,9H,1,8,10H2,2H3,(H,18,19,20,21). The molecule has 2 rings (SSSR count). The van der Waals surface area contributed by atoms with E-state index < -0.39 is 11.9 Å². The molecule has 0 aliphatic carbocycles. The van der Waals surface area contributed by atoms with Gasteiger partial charge in [0.25, 0.3) is 0 Å². The Morgan fingerprint density at radius 3 is 2.83 bits per heavy atom. The summed E-state index contributed by atoms with van der Waals surface area (Å²) in [4.78, 5) is 18.9. The normalized spacial score (nSPS) is 10.0. The molecule has 0 aliphatic heterocycles. The van der Waals surface area contributed by atoms with Crippen molar-refractivity contribution < 1.29 is 18.7 Å². The Morgan fingerprint density at radius 2 is 2.13 bits per heavy atom. The van der Waals surface area contributed by atoms with E-state index in [0.717, 1.165) is 17.3 Å². The highest BCUT2D eigenvalue weighted by Crippen LogP contribution is 2.15. The zero-order valence-electron chi connectivity index (χ0n) is 12.6. The third-order valence-electron chi connectivity index (χ3n) is 2.76. The van der Waals surface area contributed by atoms with Crippen molar-refractivity contribution in [2.45, 2.75) is 13.5 Å². The number of hydrogen-bond donors (Lipinski definition) is 1. The van der Waals surface area contributed by atoms with Gasteiger partial charge in [-0.15, -0.1) is 0 Å². The van der Waals surface area contributed by atoms with Gasteiger partial charge in [-0.2, -0.15) is 4.98 Å². The van der Waals surface area contributed by atoms with Gasteiger partial charge in [0.2, 0.25) is 0 Å². The molecule has 0 unspecified atom stereocenters. The SMILES string of the molecule is C=CCOC(=O)Nc1nc(OCc2ccc(C)cc2)ncc1F. The van der Waals surface area contributed by atoms with E-state index in [4.69, 9.17) is 9.47 Å². The first-order valence-corrected chi connectivity index (χ1v) is 6.84. The molecule has 2 aromatic rings. The second-order valence-electron chi connectivity index (χ2n) is 4.64. The number of carbonyl (C=O) groups excluding carboxylic acids is 1. The number of aryl methyl sites for hydroxylation is 1. The summed E-state index contributed by atoms with van der Waals surface area (Å²) < 4.78 is 23.7. The van der Waals surface area contributed by atoms with Gasteiger partial charge in [0, 0.05) is 0 Å². The Balaban J connectivity index is 2.00. The average molecular weight is 317 g/mol. The van der Waals surface area contributed by atoms with Crippen molar-refractivity contribution in [2.75, 3.05) is 11.9 Å². The van der Waals surface area contributed by atoms with Crippen molar-refractivity contribution >= 4 is 11.9 Å². The molecule has 0 saturated carbocycles. The van der Waals surface area contributed by atoms with Crippen LogP contribution in [0, 0.1) is 12.7 Å². The number of carbonyl (C=O) groups is 1. The molecule has 1 aromatic heterocycles. The van der Waals surface area contributed by atoms with E-state index in [-0.39, 0.29) is 25.0 Å². The topological polar surface area (TPSA) is 73.3 Å². The molecule has 7 heteroatoms. The number of anilines is 1. The van der Waals surface area contributed by atoms with Crippen LogP contribution in [-0.4, -0.2) is 22.7 Å². The largest absolute Gasteiger partial charge is 0.459 e. The molecule has 1 N–H and O–H groups in total. The Morgan fingerprint density at radius 1 is 1.39 bits per heavy atom. The van der Waals surface area contributed by atoms with Crippen molar-refractivity contribution in [1.29, 1.82) is 0 Å². The highest BCUT2D eigenvalue weighted by atomic mass is 19.1. The number of nitrogens with zero attached hydrogens (tertiary/aromatic N) is 2. The molecule has 0 radical (unpaired) electrons. The Hall–Kier alpha value is -2.96. The lowest BCUT2D eigenvalue weighted by Gasteiger charge is -2.08. The number of halogens is 1. The van der Waals surface area contributed by atoms with Crippen LogP contribution in [0.3, 0.4) is 0 Å². The molecule has 6 nitrogen and oxygen atoms in total. The first kappa shape index (κ1) is 16.4. The van der Waals surface area contributed by atoms with Crippen LogP contribution >= 0.6 is 0 Å². The van der Waals surface area contributed by atoms with Crippen LogP contribution in [0.15, 0.2) is 43.1 Å². The van der Waals surface area contributed by atoms with Gasteiger partial charge in [-0.1, -0.05) is 42.5 Å². The van der Waals surface area contributed by atoms with E-state index >= 15 is 0 Å². The molecular weight excluding hydrogens is 301 g/mol. The smallest absolute Gasteiger partial charge is 0.413 e. The van der Waals surface area contributed by atoms with E-state index in [9.17, 15) is 9.18 Å². The molecule has 1 heterocycles. The summed E-state index contributed by atoms with van der Waals surface area (Å²) in [5.74, 6) is -1.10. The summed E-state index contributed by atoms with van der Waals surface area (Å²) in [6.07, 6.45) is 1.47. The van der Waals surface area contributed by atoms with E-state index in [0.29, 0.717) is 0 Å². The van der Waals surface area contributed by atoms with Gasteiger partial charge in [0.1, 0.15) is 13.2 Å². The van der Waals surface area contributed by atoms with Gasteiger partial charge in [0.05, 0.1) is 6.20 Å². The third-order valence-corrected chi connectivity index (χ3v) is 2.76. The zero-order valence-corrected chi connectivity index (χ0v) is 12.6. The molecule has 0 atom stereocenters. The number of amides is 1. The summed E-state index contributed by atoms with van der Waals surface area (Å²) in [6.45, 7) is 5.63. The van der Waals surface area contributed by atoms with Crippen molar-refractivity contribution in [3.8, 4) is 6.01 Å². The van der Waals surface area contributed by atoms with Gasteiger partial charge < -0.3 is 9.47 Å². The predicted molar refractivity (Wildman–Crippen MR) is 82.7 cm³/mol. The highest BCUT2D eigenvalue weighted by molar-refractivity contribution is 5.83. The number of ether oxygens (including phenoxy) is 2. The van der Waals surface area contributed by atoms with E-state index in [1.165, 1.54) is 6.08 Å². The molecular formula is C16H16FN3O3. The monoisotopic (exact) mass is 317 g/mol. The van der Waals surface area contributed by atoms with Gasteiger partial charge in [-0.05, 0) is 12.5 Å². The van der Waals surface area contributed by atoms with Crippen molar-refractivity contribution in [2.24, 2.45) is 0 Å². The molecule has 0 aliphatic rings. The van der Waals surface area contributed by atoms with Crippen molar-refractivity contribution in [3.05, 3.63) is 60.1 Å². The van der Waals surface area contributed by atoms with Gasteiger partial charge in [-0.25, -0.2) is 14.2 Å². The first-order valence-electron chi connectivity index (χ1n) is 6.84. The Kier molecular flexibility index (Phi) is 5.62. The Bertz CT molecular complexity index is 689. The fourth-order valence-electron chi connectivity index (χ4n) is 1.61. The third kappa shape index (κ3) is 5.06. The number of hydrogen-bond acceptors (Lipinski definition) is 5. The molecule has 120 valence electrons. The molecule has 0 spiro atoms. The minimum absolute atomic E-state index is 0.00924. The fraction of sp³-hybridized carbons (Fsp3) is 0.188. The van der Waals surface area contributed by atoms with E-state index in [2.05, 4.69) is 21.9 Å². The molecule has 23 heavy (non-hydrogen) atoms. The number of rotatable bonds is 6. The molecule has 1 amide bonds. The van der Waals surface area contributed by atoms with Crippen molar-refractivity contribution in [3.63, 3.8) is 0 Å². The summed E-state index contributed by atoms with van der Waals surface area (Å²) in [7, 11) is 0. The van der Waals surface area contributed by atoms with Crippen molar-refractivity contribution in [1.82, 2.24) is 9.97 Å². The molecule has 0 fully saturated rings. The van der Waals surface area contributed by atoms with Crippen LogP contribution in [0.2, 0.25) is 0 Å². The zero-order chi connectivity index (χ0) is 16.7. The molecule has 1 aromatic carbocycles. The fourth-order valence-corrected chi connectivity index (χ4v) is 1.61. The maximum atomic E-state index is 13.6. The number of aromatic nitrogens is 2. The second-order valence-corrected chi connectivity index (χ2v) is 4.64. The summed E-state index contributed by atoms with van der Waals surface area (Å²) in [5, 5.41) is 2.18.